The number of rotatable bonds is 5. The van der Waals surface area contributed by atoms with Gasteiger partial charge in [-0.05, 0) is 12.1 Å². The maximum Gasteiger partial charge on any atom is 0.250 e. The normalized spacial score (nSPS) is 13.4. The van der Waals surface area contributed by atoms with E-state index in [1.165, 1.54) is 0 Å². The van der Waals surface area contributed by atoms with Crippen molar-refractivity contribution in [3.8, 4) is 11.5 Å². The number of benzene rings is 1. The van der Waals surface area contributed by atoms with E-state index in [4.69, 9.17) is 9.47 Å². The molecule has 1 aliphatic rings. The zero-order chi connectivity index (χ0) is 13.7. The van der Waals surface area contributed by atoms with Crippen LogP contribution >= 0.6 is 0 Å². The second-order valence-corrected chi connectivity index (χ2v) is 3.93. The molecule has 2 N–H and O–H groups in total. The van der Waals surface area contributed by atoms with Gasteiger partial charge >= 0.3 is 0 Å². The van der Waals surface area contributed by atoms with Gasteiger partial charge in [0.2, 0.25) is 5.91 Å². The number of nitrogens with one attached hydrogen (secondary N) is 2. The molecule has 1 amide bonds. The highest BCUT2D eigenvalue weighted by Gasteiger charge is 2.12. The SMILES string of the molecule is O=C(CNCC(F)F)Nc1ccc2c(c1)OCCO2. The van der Waals surface area contributed by atoms with Crippen LogP contribution in [0.3, 0.4) is 0 Å². The lowest BCUT2D eigenvalue weighted by atomic mass is 10.2. The number of carbonyl (C=O) groups is 1. The van der Waals surface area contributed by atoms with E-state index in [1.807, 2.05) is 0 Å². The largest absolute Gasteiger partial charge is 0.486 e. The van der Waals surface area contributed by atoms with Crippen molar-refractivity contribution in [1.29, 1.82) is 0 Å². The molecule has 0 unspecified atom stereocenters. The van der Waals surface area contributed by atoms with E-state index < -0.39 is 18.9 Å². The van der Waals surface area contributed by atoms with Crippen molar-refractivity contribution in [3.05, 3.63) is 18.2 Å². The maximum atomic E-state index is 11.9. The number of ether oxygens (including phenoxy) is 2. The fraction of sp³-hybridized carbons (Fsp3) is 0.417. The summed E-state index contributed by atoms with van der Waals surface area (Å²) in [7, 11) is 0. The van der Waals surface area contributed by atoms with Crippen LogP contribution in [-0.4, -0.2) is 38.6 Å². The minimum atomic E-state index is -2.47. The Kier molecular flexibility index (Phi) is 4.51. The monoisotopic (exact) mass is 272 g/mol. The van der Waals surface area contributed by atoms with Crippen LogP contribution in [0.2, 0.25) is 0 Å². The molecule has 1 aromatic carbocycles. The summed E-state index contributed by atoms with van der Waals surface area (Å²) < 4.78 is 34.5. The molecule has 0 fully saturated rings. The van der Waals surface area contributed by atoms with Crippen LogP contribution in [0.1, 0.15) is 0 Å². The summed E-state index contributed by atoms with van der Waals surface area (Å²) in [5.74, 6) is 0.794. The molecule has 0 saturated carbocycles. The van der Waals surface area contributed by atoms with E-state index in [9.17, 15) is 13.6 Å². The van der Waals surface area contributed by atoms with Gasteiger partial charge in [0.05, 0.1) is 13.1 Å². The zero-order valence-corrected chi connectivity index (χ0v) is 10.1. The third kappa shape index (κ3) is 4.06. The number of halogens is 2. The standard InChI is InChI=1S/C12H14F2N2O3/c13-11(14)6-15-7-12(17)16-8-1-2-9-10(5-8)19-4-3-18-9/h1-2,5,11,15H,3-4,6-7H2,(H,16,17). The van der Waals surface area contributed by atoms with E-state index >= 15 is 0 Å². The molecule has 2 rings (SSSR count). The molecule has 1 aliphatic heterocycles. The quantitative estimate of drug-likeness (QED) is 0.847. The number of hydrogen-bond acceptors (Lipinski definition) is 4. The van der Waals surface area contributed by atoms with Crippen LogP contribution in [0.15, 0.2) is 18.2 Å². The van der Waals surface area contributed by atoms with E-state index in [0.29, 0.717) is 30.4 Å². The van der Waals surface area contributed by atoms with Gasteiger partial charge in [0.1, 0.15) is 13.2 Å². The zero-order valence-electron chi connectivity index (χ0n) is 10.1. The fourth-order valence-corrected chi connectivity index (χ4v) is 1.62. The first-order valence-electron chi connectivity index (χ1n) is 5.83. The third-order valence-corrected chi connectivity index (χ3v) is 2.41. The van der Waals surface area contributed by atoms with E-state index in [0.717, 1.165) is 0 Å². The molecule has 19 heavy (non-hydrogen) atoms. The van der Waals surface area contributed by atoms with Gasteiger partial charge in [-0.3, -0.25) is 4.79 Å². The summed E-state index contributed by atoms with van der Waals surface area (Å²) >= 11 is 0. The summed E-state index contributed by atoms with van der Waals surface area (Å²) in [6.45, 7) is 0.282. The Morgan fingerprint density at radius 3 is 2.74 bits per heavy atom. The van der Waals surface area contributed by atoms with Crippen molar-refractivity contribution in [1.82, 2.24) is 5.32 Å². The molecule has 0 aliphatic carbocycles. The van der Waals surface area contributed by atoms with Crippen molar-refractivity contribution in [2.24, 2.45) is 0 Å². The van der Waals surface area contributed by atoms with Crippen molar-refractivity contribution in [2.45, 2.75) is 6.43 Å². The highest BCUT2D eigenvalue weighted by Crippen LogP contribution is 2.32. The average molecular weight is 272 g/mol. The van der Waals surface area contributed by atoms with Crippen molar-refractivity contribution in [3.63, 3.8) is 0 Å². The van der Waals surface area contributed by atoms with Gasteiger partial charge in [-0.2, -0.15) is 0 Å². The molecule has 1 aromatic rings. The smallest absolute Gasteiger partial charge is 0.250 e. The Morgan fingerprint density at radius 1 is 1.26 bits per heavy atom. The number of alkyl halides is 2. The predicted octanol–water partition coefficient (Wildman–Crippen LogP) is 1.25. The Bertz CT molecular complexity index is 455. The minimum absolute atomic E-state index is 0.168. The Hall–Kier alpha value is -1.89. The molecular formula is C12H14F2N2O3. The molecule has 0 bridgehead atoms. The first-order valence-corrected chi connectivity index (χ1v) is 5.83. The summed E-state index contributed by atoms with van der Waals surface area (Å²) in [6.07, 6.45) is -2.47. The van der Waals surface area contributed by atoms with Gasteiger partial charge in [0.25, 0.3) is 6.43 Å². The summed E-state index contributed by atoms with van der Waals surface area (Å²) in [5, 5.41) is 4.93. The third-order valence-electron chi connectivity index (χ3n) is 2.41. The highest BCUT2D eigenvalue weighted by molar-refractivity contribution is 5.92. The molecule has 0 aromatic heterocycles. The van der Waals surface area contributed by atoms with Gasteiger partial charge in [-0.1, -0.05) is 0 Å². The molecule has 7 heteroatoms. The Morgan fingerprint density at radius 2 is 2.00 bits per heavy atom. The number of hydrogen-bond donors (Lipinski definition) is 2. The first-order chi connectivity index (χ1) is 9.15. The van der Waals surface area contributed by atoms with Crippen LogP contribution in [0.4, 0.5) is 14.5 Å². The van der Waals surface area contributed by atoms with Gasteiger partial charge < -0.3 is 20.1 Å². The number of anilines is 1. The summed E-state index contributed by atoms with van der Waals surface area (Å²) in [5.41, 5.74) is 0.535. The van der Waals surface area contributed by atoms with Crippen molar-refractivity contribution < 1.29 is 23.0 Å². The molecular weight excluding hydrogens is 258 g/mol. The fourth-order valence-electron chi connectivity index (χ4n) is 1.62. The van der Waals surface area contributed by atoms with Gasteiger partial charge in [0.15, 0.2) is 11.5 Å². The van der Waals surface area contributed by atoms with E-state index in [2.05, 4.69) is 10.6 Å². The second-order valence-electron chi connectivity index (χ2n) is 3.93. The first kappa shape index (κ1) is 13.5. The predicted molar refractivity (Wildman–Crippen MR) is 64.9 cm³/mol. The number of fused-ring (bicyclic) bond motifs is 1. The van der Waals surface area contributed by atoms with Crippen LogP contribution in [0.25, 0.3) is 0 Å². The molecule has 0 atom stereocenters. The number of carbonyl (C=O) groups excluding carboxylic acids is 1. The Labute approximate surface area is 108 Å². The van der Waals surface area contributed by atoms with Crippen LogP contribution in [-0.2, 0) is 4.79 Å². The lowest BCUT2D eigenvalue weighted by molar-refractivity contribution is -0.115. The molecule has 1 heterocycles. The van der Waals surface area contributed by atoms with Crippen molar-refractivity contribution >= 4 is 11.6 Å². The van der Waals surface area contributed by atoms with E-state index in [-0.39, 0.29) is 6.54 Å². The van der Waals surface area contributed by atoms with Crippen LogP contribution in [0, 0.1) is 0 Å². The average Bonchev–Trinajstić information content (AvgIpc) is 2.38. The summed E-state index contributed by atoms with van der Waals surface area (Å²) in [6, 6.07) is 4.99. The second kappa shape index (κ2) is 6.33. The molecule has 0 spiro atoms. The van der Waals surface area contributed by atoms with Crippen LogP contribution in [0.5, 0.6) is 11.5 Å². The number of amides is 1. The minimum Gasteiger partial charge on any atom is -0.486 e. The highest BCUT2D eigenvalue weighted by atomic mass is 19.3. The van der Waals surface area contributed by atoms with Gasteiger partial charge in [0, 0.05) is 11.8 Å². The molecule has 104 valence electrons. The molecule has 5 nitrogen and oxygen atoms in total. The summed E-state index contributed by atoms with van der Waals surface area (Å²) in [4.78, 5) is 11.5. The van der Waals surface area contributed by atoms with Crippen LogP contribution < -0.4 is 20.1 Å². The Balaban J connectivity index is 1.86. The van der Waals surface area contributed by atoms with Gasteiger partial charge in [-0.15, -0.1) is 0 Å². The topological polar surface area (TPSA) is 59.6 Å². The lowest BCUT2D eigenvalue weighted by Gasteiger charge is -2.19. The molecule has 0 radical (unpaired) electrons. The van der Waals surface area contributed by atoms with Gasteiger partial charge in [-0.25, -0.2) is 8.78 Å². The maximum absolute atomic E-state index is 11.9. The lowest BCUT2D eigenvalue weighted by Crippen LogP contribution is -2.31. The van der Waals surface area contributed by atoms with E-state index in [1.54, 1.807) is 18.2 Å². The van der Waals surface area contributed by atoms with Crippen molar-refractivity contribution in [2.75, 3.05) is 31.6 Å². The molecule has 0 saturated heterocycles.